The largest absolute Gasteiger partial charge is 0.468 e. The number of nitrogens with zero attached hydrogens (tertiary/aromatic N) is 1. The number of carbonyl (C=O) groups is 1. The lowest BCUT2D eigenvalue weighted by Gasteiger charge is -2.29. The summed E-state index contributed by atoms with van der Waals surface area (Å²) >= 11 is 3.33. The Balaban J connectivity index is 2.40. The number of allylic oxidation sites excluding steroid dienone is 1. The molecular weight excluding hydrogens is 345 g/mol. The van der Waals surface area contributed by atoms with Crippen molar-refractivity contribution in [3.63, 3.8) is 0 Å². The zero-order valence-electron chi connectivity index (χ0n) is 12.3. The van der Waals surface area contributed by atoms with Crippen molar-refractivity contribution in [2.24, 2.45) is 0 Å². The van der Waals surface area contributed by atoms with Crippen molar-refractivity contribution in [2.45, 2.75) is 32.1 Å². The van der Waals surface area contributed by atoms with Gasteiger partial charge in [0.2, 0.25) is 0 Å². The monoisotopic (exact) mass is 361 g/mol. The molecule has 5 nitrogen and oxygen atoms in total. The van der Waals surface area contributed by atoms with Crippen LogP contribution in [0.3, 0.4) is 0 Å². The summed E-state index contributed by atoms with van der Waals surface area (Å²) in [5, 5.41) is 0.215. The Hall–Kier alpha value is -1.44. The van der Waals surface area contributed by atoms with Crippen LogP contribution in [0.25, 0.3) is 0 Å². The standard InChI is InChI=1S/C15H17ClFNO4S/c16-12-5-6-15(13(17)9-12)18(23(20)21)14-4-2-1-3-11(14)7-8-22-10-19/h5-6,9-10H,1-4,7-8H2,(H,20,21). The lowest BCUT2D eigenvalue weighted by atomic mass is 9.94. The molecule has 1 atom stereocenters. The van der Waals surface area contributed by atoms with E-state index in [1.165, 1.54) is 12.1 Å². The fourth-order valence-electron chi connectivity index (χ4n) is 2.67. The molecule has 23 heavy (non-hydrogen) atoms. The van der Waals surface area contributed by atoms with Crippen LogP contribution in [-0.2, 0) is 20.8 Å². The van der Waals surface area contributed by atoms with Crippen molar-refractivity contribution in [1.29, 1.82) is 0 Å². The van der Waals surface area contributed by atoms with Crippen molar-refractivity contribution in [1.82, 2.24) is 0 Å². The van der Waals surface area contributed by atoms with E-state index >= 15 is 0 Å². The Morgan fingerprint density at radius 1 is 1.39 bits per heavy atom. The molecule has 0 radical (unpaired) electrons. The van der Waals surface area contributed by atoms with Crippen molar-refractivity contribution < 1.29 is 22.7 Å². The van der Waals surface area contributed by atoms with Crippen LogP contribution < -0.4 is 4.31 Å². The van der Waals surface area contributed by atoms with Gasteiger partial charge in [0.05, 0.1) is 12.3 Å². The molecule has 1 aromatic rings. The molecular formula is C15H17ClFNO4S. The van der Waals surface area contributed by atoms with Crippen LogP contribution in [0.2, 0.25) is 5.02 Å². The molecule has 1 aliphatic carbocycles. The summed E-state index contributed by atoms with van der Waals surface area (Å²) in [6.07, 6.45) is 3.52. The van der Waals surface area contributed by atoms with Gasteiger partial charge in [0.25, 0.3) is 17.7 Å². The Bertz CT molecular complexity index is 638. The van der Waals surface area contributed by atoms with Crippen LogP contribution in [0.4, 0.5) is 10.1 Å². The summed E-state index contributed by atoms with van der Waals surface area (Å²) in [5.74, 6) is -0.665. The third-order valence-electron chi connectivity index (χ3n) is 3.67. The SMILES string of the molecule is O=COCCC1=C(N(c2ccc(Cl)cc2F)S(=O)O)CCCC1. The van der Waals surface area contributed by atoms with Gasteiger partial charge in [0.1, 0.15) is 5.82 Å². The number of carbonyl (C=O) groups excluding carboxylic acids is 1. The molecule has 0 aromatic heterocycles. The molecule has 0 spiro atoms. The highest BCUT2D eigenvalue weighted by Crippen LogP contribution is 2.35. The Labute approximate surface area is 141 Å². The van der Waals surface area contributed by atoms with Gasteiger partial charge in [-0.2, -0.15) is 0 Å². The maximum atomic E-state index is 14.2. The minimum Gasteiger partial charge on any atom is -0.468 e. The highest BCUT2D eigenvalue weighted by molar-refractivity contribution is 7.81. The summed E-state index contributed by atoms with van der Waals surface area (Å²) < 4.78 is 41.5. The fraction of sp³-hybridized carbons (Fsp3) is 0.400. The van der Waals surface area contributed by atoms with E-state index in [9.17, 15) is 17.9 Å². The van der Waals surface area contributed by atoms with E-state index < -0.39 is 17.1 Å². The Morgan fingerprint density at radius 2 is 2.13 bits per heavy atom. The number of anilines is 1. The highest BCUT2D eigenvalue weighted by atomic mass is 35.5. The summed E-state index contributed by atoms with van der Waals surface area (Å²) in [6.45, 7) is 0.557. The van der Waals surface area contributed by atoms with Crippen LogP contribution in [0.15, 0.2) is 29.5 Å². The average Bonchev–Trinajstić information content (AvgIpc) is 2.51. The highest BCUT2D eigenvalue weighted by Gasteiger charge is 2.25. The molecule has 1 N–H and O–H groups in total. The molecule has 0 heterocycles. The van der Waals surface area contributed by atoms with Crippen LogP contribution in [-0.4, -0.2) is 21.8 Å². The molecule has 0 bridgehead atoms. The first-order valence-corrected chi connectivity index (χ1v) is 8.61. The first-order chi connectivity index (χ1) is 11.0. The first-order valence-electron chi connectivity index (χ1n) is 7.17. The third-order valence-corrected chi connectivity index (χ3v) is 4.63. The van der Waals surface area contributed by atoms with E-state index in [1.54, 1.807) is 0 Å². The smallest absolute Gasteiger partial charge is 0.293 e. The number of rotatable bonds is 7. The van der Waals surface area contributed by atoms with Gasteiger partial charge in [-0.1, -0.05) is 11.6 Å². The van der Waals surface area contributed by atoms with Gasteiger partial charge in [-0.25, -0.2) is 12.9 Å². The van der Waals surface area contributed by atoms with Gasteiger partial charge in [-0.05, 0) is 49.5 Å². The summed E-state index contributed by atoms with van der Waals surface area (Å²) in [4.78, 5) is 10.3. The fourth-order valence-corrected chi connectivity index (χ4v) is 3.55. The third kappa shape index (κ3) is 4.53. The van der Waals surface area contributed by atoms with Crippen LogP contribution in [0.5, 0.6) is 0 Å². The average molecular weight is 362 g/mol. The van der Waals surface area contributed by atoms with Gasteiger partial charge in [0.15, 0.2) is 0 Å². The molecule has 126 valence electrons. The number of halogens is 2. The number of hydrogen-bond donors (Lipinski definition) is 1. The lowest BCUT2D eigenvalue weighted by Crippen LogP contribution is -2.28. The molecule has 0 aliphatic heterocycles. The predicted octanol–water partition coefficient (Wildman–Crippen LogP) is 3.81. The minimum absolute atomic E-state index is 0.000869. The van der Waals surface area contributed by atoms with Crippen LogP contribution in [0, 0.1) is 5.82 Å². The second kappa shape index (κ2) is 8.42. The van der Waals surface area contributed by atoms with Crippen molar-refractivity contribution >= 4 is 35.0 Å². The molecule has 8 heteroatoms. The number of ether oxygens (including phenoxy) is 1. The minimum atomic E-state index is -2.41. The molecule has 2 rings (SSSR count). The summed E-state index contributed by atoms with van der Waals surface area (Å²) in [5.41, 5.74) is 1.50. The molecule has 0 saturated heterocycles. The van der Waals surface area contributed by atoms with E-state index in [-0.39, 0.29) is 17.3 Å². The van der Waals surface area contributed by atoms with Gasteiger partial charge in [-0.3, -0.25) is 9.35 Å². The molecule has 1 aromatic carbocycles. The van der Waals surface area contributed by atoms with Gasteiger partial charge >= 0.3 is 0 Å². The maximum Gasteiger partial charge on any atom is 0.293 e. The normalized spacial score (nSPS) is 16.1. The number of benzene rings is 1. The van der Waals surface area contributed by atoms with Crippen LogP contribution >= 0.6 is 11.6 Å². The molecule has 1 unspecified atom stereocenters. The quantitative estimate of drug-likeness (QED) is 0.455. The van der Waals surface area contributed by atoms with E-state index in [0.29, 0.717) is 25.0 Å². The first kappa shape index (κ1) is 17.9. The Kier molecular flexibility index (Phi) is 6.56. The zero-order valence-corrected chi connectivity index (χ0v) is 13.9. The second-order valence-corrected chi connectivity index (χ2v) is 6.36. The lowest BCUT2D eigenvalue weighted by molar-refractivity contribution is -0.128. The van der Waals surface area contributed by atoms with Gasteiger partial charge < -0.3 is 4.74 Å². The van der Waals surface area contributed by atoms with E-state index in [4.69, 9.17) is 16.3 Å². The van der Waals surface area contributed by atoms with Gasteiger partial charge in [-0.15, -0.1) is 0 Å². The van der Waals surface area contributed by atoms with Gasteiger partial charge in [0, 0.05) is 17.1 Å². The van der Waals surface area contributed by atoms with E-state index in [2.05, 4.69) is 0 Å². The van der Waals surface area contributed by atoms with E-state index in [0.717, 1.165) is 35.2 Å². The van der Waals surface area contributed by atoms with Crippen molar-refractivity contribution in [3.05, 3.63) is 40.3 Å². The number of hydrogen-bond acceptors (Lipinski definition) is 3. The topological polar surface area (TPSA) is 66.8 Å². The second-order valence-electron chi connectivity index (χ2n) is 5.10. The Morgan fingerprint density at radius 3 is 2.78 bits per heavy atom. The summed E-state index contributed by atoms with van der Waals surface area (Å²) in [7, 11) is 0. The van der Waals surface area contributed by atoms with Crippen molar-refractivity contribution in [3.8, 4) is 0 Å². The van der Waals surface area contributed by atoms with Crippen molar-refractivity contribution in [2.75, 3.05) is 10.9 Å². The zero-order chi connectivity index (χ0) is 16.8. The summed E-state index contributed by atoms with van der Waals surface area (Å²) in [6, 6.07) is 3.96. The molecule has 0 amide bonds. The maximum absolute atomic E-state index is 14.2. The molecule has 0 saturated carbocycles. The molecule has 0 fully saturated rings. The predicted molar refractivity (Wildman–Crippen MR) is 86.8 cm³/mol. The van der Waals surface area contributed by atoms with Crippen LogP contribution in [0.1, 0.15) is 32.1 Å². The van der Waals surface area contributed by atoms with E-state index in [1.807, 2.05) is 0 Å². The molecule has 1 aliphatic rings.